The van der Waals surface area contributed by atoms with E-state index in [1.165, 1.54) is 20.0 Å². The summed E-state index contributed by atoms with van der Waals surface area (Å²) in [5, 5.41) is 3.70. The van der Waals surface area contributed by atoms with Crippen molar-refractivity contribution in [3.8, 4) is 0 Å². The van der Waals surface area contributed by atoms with Crippen LogP contribution in [-0.2, 0) is 16.1 Å². The molecule has 5 heteroatoms. The number of aromatic nitrogens is 1. The van der Waals surface area contributed by atoms with Crippen molar-refractivity contribution in [1.82, 2.24) is 10.1 Å². The fourth-order valence-electron chi connectivity index (χ4n) is 2.30. The molecule has 2 rings (SSSR count). The van der Waals surface area contributed by atoms with Crippen LogP contribution in [0.3, 0.4) is 0 Å². The van der Waals surface area contributed by atoms with Crippen LogP contribution in [0.2, 0.25) is 0 Å². The summed E-state index contributed by atoms with van der Waals surface area (Å²) in [6, 6.07) is 2.13. The molecule has 0 saturated carbocycles. The van der Waals surface area contributed by atoms with Crippen molar-refractivity contribution in [1.29, 1.82) is 0 Å². The van der Waals surface area contributed by atoms with Crippen molar-refractivity contribution in [2.45, 2.75) is 38.3 Å². The second kappa shape index (κ2) is 5.82. The Morgan fingerprint density at radius 2 is 2.53 bits per heavy atom. The third-order valence-corrected chi connectivity index (χ3v) is 3.23. The van der Waals surface area contributed by atoms with E-state index in [1.807, 2.05) is 6.07 Å². The number of nitrogens with zero attached hydrogens (tertiary/aromatic N) is 2. The van der Waals surface area contributed by atoms with E-state index in [0.29, 0.717) is 6.42 Å². The van der Waals surface area contributed by atoms with E-state index in [2.05, 4.69) is 10.1 Å². The maximum atomic E-state index is 11.3. The molecule has 0 amide bonds. The molecule has 17 heavy (non-hydrogen) atoms. The van der Waals surface area contributed by atoms with Crippen LogP contribution in [0.25, 0.3) is 0 Å². The highest BCUT2D eigenvalue weighted by Crippen LogP contribution is 2.22. The number of ether oxygens (including phenoxy) is 1. The van der Waals surface area contributed by atoms with Crippen LogP contribution in [0.5, 0.6) is 0 Å². The minimum absolute atomic E-state index is 0.139. The molecule has 1 atom stereocenters. The van der Waals surface area contributed by atoms with Gasteiger partial charge < -0.3 is 9.26 Å². The van der Waals surface area contributed by atoms with Gasteiger partial charge in [-0.25, -0.2) is 0 Å². The Morgan fingerprint density at radius 3 is 3.24 bits per heavy atom. The first-order valence-electron chi connectivity index (χ1n) is 6.00. The summed E-state index contributed by atoms with van der Waals surface area (Å²) in [6.45, 7) is 1.73. The van der Waals surface area contributed by atoms with Crippen molar-refractivity contribution in [2.75, 3.05) is 13.7 Å². The molecular formula is C12H18N2O3. The molecule has 1 aliphatic rings. The van der Waals surface area contributed by atoms with Crippen molar-refractivity contribution in [3.63, 3.8) is 0 Å². The van der Waals surface area contributed by atoms with Gasteiger partial charge in [0.25, 0.3) is 0 Å². The molecule has 1 aromatic rings. The number of esters is 1. The highest BCUT2D eigenvalue weighted by molar-refractivity contribution is 5.69. The number of hydrogen-bond acceptors (Lipinski definition) is 5. The topological polar surface area (TPSA) is 55.6 Å². The van der Waals surface area contributed by atoms with E-state index < -0.39 is 0 Å². The van der Waals surface area contributed by atoms with Crippen LogP contribution in [0.15, 0.2) is 16.8 Å². The second-order valence-electron chi connectivity index (χ2n) is 4.38. The van der Waals surface area contributed by atoms with E-state index in [-0.39, 0.29) is 12.0 Å². The number of likely N-dealkylation sites (tertiary alicyclic amines) is 1. The molecule has 1 unspecified atom stereocenters. The maximum absolute atomic E-state index is 11.3. The summed E-state index contributed by atoms with van der Waals surface area (Å²) in [7, 11) is 1.44. The van der Waals surface area contributed by atoms with Crippen LogP contribution in [-0.4, -0.2) is 35.7 Å². The minimum Gasteiger partial charge on any atom is -0.469 e. The summed E-state index contributed by atoms with van der Waals surface area (Å²) < 4.78 is 9.84. The number of methoxy groups -OCH3 is 1. The summed E-state index contributed by atoms with van der Waals surface area (Å²) in [4.78, 5) is 13.6. The van der Waals surface area contributed by atoms with E-state index in [4.69, 9.17) is 9.26 Å². The zero-order chi connectivity index (χ0) is 12.1. The zero-order valence-corrected chi connectivity index (χ0v) is 10.1. The Hall–Kier alpha value is -1.36. The number of piperidine rings is 1. The van der Waals surface area contributed by atoms with Crippen molar-refractivity contribution in [3.05, 3.63) is 18.0 Å². The minimum atomic E-state index is -0.139. The Labute approximate surface area is 101 Å². The van der Waals surface area contributed by atoms with Gasteiger partial charge in [0, 0.05) is 12.1 Å². The third-order valence-electron chi connectivity index (χ3n) is 3.23. The highest BCUT2D eigenvalue weighted by atomic mass is 16.5. The van der Waals surface area contributed by atoms with Gasteiger partial charge in [-0.05, 0) is 19.4 Å². The van der Waals surface area contributed by atoms with Gasteiger partial charge in [0.2, 0.25) is 0 Å². The highest BCUT2D eigenvalue weighted by Gasteiger charge is 2.25. The van der Waals surface area contributed by atoms with Crippen molar-refractivity contribution >= 4 is 5.97 Å². The fraction of sp³-hybridized carbons (Fsp3) is 0.667. The summed E-state index contributed by atoms with van der Waals surface area (Å²) in [6.07, 6.45) is 5.50. The molecule has 2 heterocycles. The monoisotopic (exact) mass is 238 g/mol. The van der Waals surface area contributed by atoms with Gasteiger partial charge in [-0.1, -0.05) is 11.6 Å². The van der Waals surface area contributed by atoms with E-state index in [0.717, 1.165) is 25.3 Å². The van der Waals surface area contributed by atoms with E-state index in [9.17, 15) is 4.79 Å². The maximum Gasteiger partial charge on any atom is 0.307 e. The molecule has 0 aromatic carbocycles. The summed E-state index contributed by atoms with van der Waals surface area (Å²) in [5.41, 5.74) is 0. The average molecular weight is 238 g/mol. The molecule has 94 valence electrons. The van der Waals surface area contributed by atoms with Gasteiger partial charge in [0.1, 0.15) is 0 Å². The molecule has 1 fully saturated rings. The number of rotatable bonds is 4. The standard InChI is InChI=1S/C12H18N2O3/c1-16-12(15)8-10-4-2-3-7-14(10)9-11-5-6-13-17-11/h5-6,10H,2-4,7-9H2,1H3. The fourth-order valence-corrected chi connectivity index (χ4v) is 2.30. The lowest BCUT2D eigenvalue weighted by molar-refractivity contribution is -0.142. The normalized spacial score (nSPS) is 21.4. The number of carbonyl (C=O) groups excluding carboxylic acids is 1. The molecule has 0 radical (unpaired) electrons. The largest absolute Gasteiger partial charge is 0.469 e. The Kier molecular flexibility index (Phi) is 4.14. The second-order valence-corrected chi connectivity index (χ2v) is 4.38. The lowest BCUT2D eigenvalue weighted by atomic mass is 9.99. The Balaban J connectivity index is 1.94. The first-order valence-corrected chi connectivity index (χ1v) is 6.00. The number of hydrogen-bond donors (Lipinski definition) is 0. The molecule has 0 N–H and O–H groups in total. The predicted octanol–water partition coefficient (Wildman–Crippen LogP) is 1.59. The predicted molar refractivity (Wildman–Crippen MR) is 61.2 cm³/mol. The van der Waals surface area contributed by atoms with Gasteiger partial charge in [-0.15, -0.1) is 0 Å². The van der Waals surface area contributed by atoms with Crippen LogP contribution < -0.4 is 0 Å². The lowest BCUT2D eigenvalue weighted by Crippen LogP contribution is -2.40. The molecule has 0 bridgehead atoms. The van der Waals surface area contributed by atoms with Crippen LogP contribution in [0, 0.1) is 0 Å². The molecule has 0 spiro atoms. The van der Waals surface area contributed by atoms with Gasteiger partial charge >= 0.3 is 5.97 Å². The average Bonchev–Trinajstić information content (AvgIpc) is 2.84. The summed E-state index contributed by atoms with van der Waals surface area (Å²) in [5.74, 6) is 0.709. The first-order chi connectivity index (χ1) is 8.29. The molecule has 1 aliphatic heterocycles. The molecule has 5 nitrogen and oxygen atoms in total. The molecule has 0 aliphatic carbocycles. The van der Waals surface area contributed by atoms with Crippen molar-refractivity contribution in [2.24, 2.45) is 0 Å². The Morgan fingerprint density at radius 1 is 1.65 bits per heavy atom. The smallest absolute Gasteiger partial charge is 0.307 e. The molecule has 1 saturated heterocycles. The van der Waals surface area contributed by atoms with E-state index in [1.54, 1.807) is 6.20 Å². The van der Waals surface area contributed by atoms with Gasteiger partial charge in [0.05, 0.1) is 26.3 Å². The van der Waals surface area contributed by atoms with Crippen LogP contribution in [0.1, 0.15) is 31.4 Å². The van der Waals surface area contributed by atoms with Crippen molar-refractivity contribution < 1.29 is 14.1 Å². The quantitative estimate of drug-likeness (QED) is 0.746. The van der Waals surface area contributed by atoms with Crippen LogP contribution >= 0.6 is 0 Å². The molecule has 1 aromatic heterocycles. The van der Waals surface area contributed by atoms with Gasteiger partial charge in [-0.3, -0.25) is 9.69 Å². The lowest BCUT2D eigenvalue weighted by Gasteiger charge is -2.34. The van der Waals surface area contributed by atoms with Crippen LogP contribution in [0.4, 0.5) is 0 Å². The summed E-state index contributed by atoms with van der Waals surface area (Å²) >= 11 is 0. The third kappa shape index (κ3) is 3.30. The Bertz CT molecular complexity index is 351. The SMILES string of the molecule is COC(=O)CC1CCCCN1Cc1ccno1. The zero-order valence-electron chi connectivity index (χ0n) is 10.1. The first kappa shape index (κ1) is 12.1. The van der Waals surface area contributed by atoms with Gasteiger partial charge in [0.15, 0.2) is 5.76 Å². The van der Waals surface area contributed by atoms with E-state index >= 15 is 0 Å². The number of carbonyl (C=O) groups is 1. The molecular weight excluding hydrogens is 220 g/mol. The van der Waals surface area contributed by atoms with Gasteiger partial charge in [-0.2, -0.15) is 0 Å².